The highest BCUT2D eigenvalue weighted by atomic mass is 32.1. The SMILES string of the molecule is CC(C)OC(=O)c1ccsc1NC(=O)[C@H]1[C@@H](C(=O)O)[C@H]2C=C[C@H]1C2. The number of amides is 1. The van der Waals surface area contributed by atoms with Gasteiger partial charge in [0.1, 0.15) is 5.00 Å². The Bertz CT molecular complexity index is 708. The van der Waals surface area contributed by atoms with Gasteiger partial charge in [-0.1, -0.05) is 12.2 Å². The van der Waals surface area contributed by atoms with Crippen LogP contribution in [0, 0.1) is 23.7 Å². The summed E-state index contributed by atoms with van der Waals surface area (Å²) in [5.74, 6) is -3.24. The predicted molar refractivity (Wildman–Crippen MR) is 88.9 cm³/mol. The molecule has 0 spiro atoms. The number of nitrogens with one attached hydrogen (secondary N) is 1. The minimum Gasteiger partial charge on any atom is -0.481 e. The van der Waals surface area contributed by atoms with Crippen LogP contribution in [0.4, 0.5) is 5.00 Å². The van der Waals surface area contributed by atoms with Gasteiger partial charge in [-0.25, -0.2) is 4.79 Å². The number of aliphatic carboxylic acids is 1. The monoisotopic (exact) mass is 349 g/mol. The number of fused-ring (bicyclic) bond motifs is 2. The molecule has 0 aromatic carbocycles. The third kappa shape index (κ3) is 2.96. The first kappa shape index (κ1) is 16.7. The van der Waals surface area contributed by atoms with Crippen molar-refractivity contribution in [2.24, 2.45) is 23.7 Å². The van der Waals surface area contributed by atoms with Crippen molar-refractivity contribution >= 4 is 34.2 Å². The molecule has 1 amide bonds. The lowest BCUT2D eigenvalue weighted by Crippen LogP contribution is -2.36. The summed E-state index contributed by atoms with van der Waals surface area (Å²) in [5.41, 5.74) is 0.299. The molecule has 2 aliphatic carbocycles. The third-order valence-electron chi connectivity index (χ3n) is 4.51. The minimum absolute atomic E-state index is 0.0536. The van der Waals surface area contributed by atoms with Crippen LogP contribution in [-0.4, -0.2) is 29.1 Å². The molecule has 2 aliphatic rings. The van der Waals surface area contributed by atoms with Crippen molar-refractivity contribution in [2.45, 2.75) is 26.4 Å². The Balaban J connectivity index is 1.76. The molecular weight excluding hydrogens is 330 g/mol. The van der Waals surface area contributed by atoms with E-state index in [-0.39, 0.29) is 23.8 Å². The zero-order chi connectivity index (χ0) is 17.4. The van der Waals surface area contributed by atoms with Gasteiger partial charge in [-0.05, 0) is 43.6 Å². The Hall–Kier alpha value is -2.15. The highest BCUT2D eigenvalue weighted by Gasteiger charge is 2.51. The molecule has 0 aliphatic heterocycles. The third-order valence-corrected chi connectivity index (χ3v) is 5.34. The Labute approximate surface area is 143 Å². The average molecular weight is 349 g/mol. The van der Waals surface area contributed by atoms with E-state index in [1.165, 1.54) is 11.3 Å². The molecule has 2 bridgehead atoms. The molecule has 4 atom stereocenters. The van der Waals surface area contributed by atoms with Gasteiger partial charge in [-0.3, -0.25) is 9.59 Å². The number of esters is 1. The van der Waals surface area contributed by atoms with Crippen LogP contribution >= 0.6 is 11.3 Å². The van der Waals surface area contributed by atoms with Crippen LogP contribution in [0.3, 0.4) is 0 Å². The molecule has 3 rings (SSSR count). The van der Waals surface area contributed by atoms with E-state index in [1.54, 1.807) is 25.3 Å². The van der Waals surface area contributed by atoms with E-state index in [4.69, 9.17) is 4.74 Å². The van der Waals surface area contributed by atoms with E-state index in [1.807, 2.05) is 12.2 Å². The van der Waals surface area contributed by atoms with Crippen LogP contribution in [0.1, 0.15) is 30.6 Å². The number of ether oxygens (including phenoxy) is 1. The Morgan fingerprint density at radius 2 is 1.92 bits per heavy atom. The molecular formula is C17H19NO5S. The summed E-state index contributed by atoms with van der Waals surface area (Å²) < 4.78 is 5.16. The Morgan fingerprint density at radius 1 is 1.25 bits per heavy atom. The first-order chi connectivity index (χ1) is 11.4. The first-order valence-corrected chi connectivity index (χ1v) is 8.77. The van der Waals surface area contributed by atoms with E-state index < -0.39 is 23.8 Å². The van der Waals surface area contributed by atoms with Gasteiger partial charge in [-0.2, -0.15) is 0 Å². The highest BCUT2D eigenvalue weighted by molar-refractivity contribution is 7.14. The summed E-state index contributed by atoms with van der Waals surface area (Å²) >= 11 is 1.22. The quantitative estimate of drug-likeness (QED) is 0.630. The number of anilines is 1. The molecule has 7 heteroatoms. The molecule has 24 heavy (non-hydrogen) atoms. The maximum Gasteiger partial charge on any atom is 0.341 e. The van der Waals surface area contributed by atoms with Gasteiger partial charge in [-0.15, -0.1) is 11.3 Å². The van der Waals surface area contributed by atoms with Gasteiger partial charge >= 0.3 is 11.9 Å². The van der Waals surface area contributed by atoms with E-state index in [9.17, 15) is 19.5 Å². The molecule has 0 saturated heterocycles. The lowest BCUT2D eigenvalue weighted by Gasteiger charge is -2.23. The van der Waals surface area contributed by atoms with Crippen molar-refractivity contribution < 1.29 is 24.2 Å². The van der Waals surface area contributed by atoms with Crippen molar-refractivity contribution in [1.29, 1.82) is 0 Å². The number of thiophene rings is 1. The number of carboxylic acids is 1. The zero-order valence-electron chi connectivity index (χ0n) is 13.4. The van der Waals surface area contributed by atoms with Gasteiger partial charge < -0.3 is 15.2 Å². The molecule has 2 N–H and O–H groups in total. The van der Waals surface area contributed by atoms with Crippen molar-refractivity contribution in [2.75, 3.05) is 5.32 Å². The normalized spacial score (nSPS) is 27.5. The number of carbonyl (C=O) groups is 3. The van der Waals surface area contributed by atoms with Crippen LogP contribution in [0.5, 0.6) is 0 Å². The summed E-state index contributed by atoms with van der Waals surface area (Å²) in [7, 11) is 0. The number of carbonyl (C=O) groups excluding carboxylic acids is 2. The lowest BCUT2D eigenvalue weighted by molar-refractivity contribution is -0.146. The van der Waals surface area contributed by atoms with Crippen LogP contribution in [0.25, 0.3) is 0 Å². The zero-order valence-corrected chi connectivity index (χ0v) is 14.2. The summed E-state index contributed by atoms with van der Waals surface area (Å²) in [5, 5.41) is 14.3. The fraction of sp³-hybridized carbons (Fsp3) is 0.471. The molecule has 1 saturated carbocycles. The summed E-state index contributed by atoms with van der Waals surface area (Å²) in [6, 6.07) is 1.60. The second-order valence-corrected chi connectivity index (χ2v) is 7.36. The number of allylic oxidation sites excluding steroid dienone is 2. The minimum atomic E-state index is -0.947. The average Bonchev–Trinajstić information content (AvgIpc) is 3.20. The van der Waals surface area contributed by atoms with E-state index in [2.05, 4.69) is 5.32 Å². The van der Waals surface area contributed by atoms with Gasteiger partial charge in [0.25, 0.3) is 0 Å². The van der Waals surface area contributed by atoms with Crippen molar-refractivity contribution in [3.8, 4) is 0 Å². The number of hydrogen-bond donors (Lipinski definition) is 2. The smallest absolute Gasteiger partial charge is 0.341 e. The fourth-order valence-corrected chi connectivity index (χ4v) is 4.33. The lowest BCUT2D eigenvalue weighted by atomic mass is 9.82. The van der Waals surface area contributed by atoms with Gasteiger partial charge in [0, 0.05) is 0 Å². The summed E-state index contributed by atoms with van der Waals surface area (Å²) in [6.45, 7) is 3.50. The molecule has 0 unspecified atom stereocenters. The summed E-state index contributed by atoms with van der Waals surface area (Å²) in [6.07, 6.45) is 4.26. The molecule has 1 heterocycles. The maximum absolute atomic E-state index is 12.7. The molecule has 1 fully saturated rings. The van der Waals surface area contributed by atoms with Crippen LogP contribution in [0.2, 0.25) is 0 Å². The maximum atomic E-state index is 12.7. The molecule has 1 aromatic heterocycles. The standard InChI is InChI=1S/C17H19NO5S/c1-8(2)23-17(22)11-5-6-24-15(11)18-14(19)12-9-3-4-10(7-9)13(12)16(20)21/h3-6,8-10,12-13H,7H2,1-2H3,(H,18,19)(H,20,21)/t9-,10-,12+,13-/m0/s1. The Kier molecular flexibility index (Phi) is 4.45. The largest absolute Gasteiger partial charge is 0.481 e. The van der Waals surface area contributed by atoms with E-state index >= 15 is 0 Å². The second-order valence-electron chi connectivity index (χ2n) is 6.44. The molecule has 0 radical (unpaired) electrons. The number of hydrogen-bond acceptors (Lipinski definition) is 5. The van der Waals surface area contributed by atoms with E-state index in [0.717, 1.165) is 0 Å². The Morgan fingerprint density at radius 3 is 2.54 bits per heavy atom. The van der Waals surface area contributed by atoms with Crippen LogP contribution < -0.4 is 5.32 Å². The van der Waals surface area contributed by atoms with E-state index in [0.29, 0.717) is 17.0 Å². The van der Waals surface area contributed by atoms with Gasteiger partial charge in [0.15, 0.2) is 0 Å². The molecule has 6 nitrogen and oxygen atoms in total. The number of carboxylic acid groups (broad SMARTS) is 1. The highest BCUT2D eigenvalue weighted by Crippen LogP contribution is 2.48. The fourth-order valence-electron chi connectivity index (χ4n) is 3.56. The van der Waals surface area contributed by atoms with Gasteiger partial charge in [0.05, 0.1) is 23.5 Å². The molecule has 128 valence electrons. The van der Waals surface area contributed by atoms with Crippen LogP contribution in [0.15, 0.2) is 23.6 Å². The van der Waals surface area contributed by atoms with Crippen LogP contribution in [-0.2, 0) is 14.3 Å². The topological polar surface area (TPSA) is 92.7 Å². The predicted octanol–water partition coefficient (Wildman–Crippen LogP) is 2.77. The first-order valence-electron chi connectivity index (χ1n) is 7.89. The number of rotatable bonds is 5. The molecule has 1 aromatic rings. The second kappa shape index (κ2) is 6.39. The van der Waals surface area contributed by atoms with Crippen molar-refractivity contribution in [3.05, 3.63) is 29.2 Å². The van der Waals surface area contributed by atoms with Crippen molar-refractivity contribution in [1.82, 2.24) is 0 Å². The summed E-state index contributed by atoms with van der Waals surface area (Å²) in [4.78, 5) is 36.2. The van der Waals surface area contributed by atoms with Crippen molar-refractivity contribution in [3.63, 3.8) is 0 Å². The van der Waals surface area contributed by atoms with Gasteiger partial charge in [0.2, 0.25) is 5.91 Å².